The summed E-state index contributed by atoms with van der Waals surface area (Å²) in [7, 11) is 0. The Morgan fingerprint density at radius 2 is 1.88 bits per heavy atom. The molecule has 1 spiro atoms. The molecule has 3 atom stereocenters. The summed E-state index contributed by atoms with van der Waals surface area (Å²) in [5.74, 6) is -0.976. The first-order chi connectivity index (χ1) is 15.5. The molecule has 6 nitrogen and oxygen atoms in total. The lowest BCUT2D eigenvalue weighted by molar-refractivity contribution is -0.179. The molecule has 1 aliphatic carbocycles. The molecule has 33 heavy (non-hydrogen) atoms. The summed E-state index contributed by atoms with van der Waals surface area (Å²) >= 11 is 12.0. The van der Waals surface area contributed by atoms with Crippen molar-refractivity contribution in [3.63, 3.8) is 0 Å². The Kier molecular flexibility index (Phi) is 10.4. The highest BCUT2D eigenvalue weighted by Crippen LogP contribution is 2.40. The average molecular weight is 498 g/mol. The molecule has 0 saturated carbocycles. The maximum Gasteiger partial charge on any atom is 0.305 e. The molecule has 0 aromatic carbocycles. The van der Waals surface area contributed by atoms with Crippen molar-refractivity contribution in [3.8, 4) is 0 Å². The summed E-state index contributed by atoms with van der Waals surface area (Å²) in [6, 6.07) is -0.650. The van der Waals surface area contributed by atoms with Crippen LogP contribution in [0.1, 0.15) is 66.2 Å². The molecule has 2 rings (SSSR count). The molecule has 1 fully saturated rings. The van der Waals surface area contributed by atoms with Crippen LogP contribution in [-0.2, 0) is 23.9 Å². The van der Waals surface area contributed by atoms with E-state index in [1.54, 1.807) is 6.08 Å². The highest BCUT2D eigenvalue weighted by molar-refractivity contribution is 6.55. The number of hydrogen-bond acceptors (Lipinski definition) is 5. The second-order valence-corrected chi connectivity index (χ2v) is 9.57. The molecule has 1 unspecified atom stereocenters. The highest BCUT2D eigenvalue weighted by atomic mass is 35.5. The lowest BCUT2D eigenvalue weighted by Gasteiger charge is -2.25. The van der Waals surface area contributed by atoms with Crippen LogP contribution in [0.25, 0.3) is 0 Å². The van der Waals surface area contributed by atoms with E-state index in [4.69, 9.17) is 32.7 Å². The predicted molar refractivity (Wildman–Crippen MR) is 130 cm³/mol. The third kappa shape index (κ3) is 8.43. The molecule has 0 aromatic rings. The number of amides is 1. The number of ketones is 1. The van der Waals surface area contributed by atoms with Gasteiger partial charge >= 0.3 is 5.97 Å². The second-order valence-electron chi connectivity index (χ2n) is 8.75. The van der Waals surface area contributed by atoms with E-state index in [0.29, 0.717) is 5.92 Å². The minimum absolute atomic E-state index is 0.0828. The average Bonchev–Trinajstić information content (AvgIpc) is 3.03. The van der Waals surface area contributed by atoms with Crippen LogP contribution in [0.15, 0.2) is 46.0 Å². The monoisotopic (exact) mass is 497 g/mol. The van der Waals surface area contributed by atoms with Gasteiger partial charge < -0.3 is 14.8 Å². The van der Waals surface area contributed by atoms with Gasteiger partial charge in [-0.15, -0.1) is 0 Å². The van der Waals surface area contributed by atoms with Crippen molar-refractivity contribution in [1.82, 2.24) is 5.32 Å². The van der Waals surface area contributed by atoms with E-state index in [2.05, 4.69) is 25.2 Å². The van der Waals surface area contributed by atoms with Crippen molar-refractivity contribution >= 4 is 40.9 Å². The maximum atomic E-state index is 12.6. The fraction of sp³-hybridized carbons (Fsp3) is 0.560. The fourth-order valence-electron chi connectivity index (χ4n) is 4.00. The van der Waals surface area contributed by atoms with Gasteiger partial charge in [-0.3, -0.25) is 14.4 Å². The van der Waals surface area contributed by atoms with Gasteiger partial charge in [0.05, 0.1) is 16.1 Å². The number of carbonyl (C=O) groups excluding carboxylic acids is 3. The van der Waals surface area contributed by atoms with Gasteiger partial charge in [0.1, 0.15) is 5.60 Å². The molecule has 0 radical (unpaired) electrons. The summed E-state index contributed by atoms with van der Waals surface area (Å²) in [6.07, 6.45) is 13.4. The number of allylic oxidation sites excluding steroid dienone is 5. The summed E-state index contributed by atoms with van der Waals surface area (Å²) < 4.78 is 11.1. The lowest BCUT2D eigenvalue weighted by Crippen LogP contribution is -2.41. The summed E-state index contributed by atoms with van der Waals surface area (Å²) in [5.41, 5.74) is -0.147. The number of halogens is 2. The van der Waals surface area contributed by atoms with Crippen LogP contribution < -0.4 is 5.32 Å². The van der Waals surface area contributed by atoms with Gasteiger partial charge in [0, 0.05) is 19.4 Å². The molecule has 0 bridgehead atoms. The number of hydrogen-bond donors (Lipinski definition) is 1. The topological polar surface area (TPSA) is 81.7 Å². The van der Waals surface area contributed by atoms with Crippen LogP contribution in [0.5, 0.6) is 0 Å². The number of esters is 1. The van der Waals surface area contributed by atoms with Crippen LogP contribution in [0.3, 0.4) is 0 Å². The van der Waals surface area contributed by atoms with E-state index in [0.717, 1.165) is 12.0 Å². The molecule has 182 valence electrons. The van der Waals surface area contributed by atoms with Gasteiger partial charge in [0.15, 0.2) is 0 Å². The number of unbranched alkanes of at least 4 members (excludes halogenated alkanes) is 3. The van der Waals surface area contributed by atoms with Gasteiger partial charge in [0.2, 0.25) is 18.0 Å². The Morgan fingerprint density at radius 3 is 2.48 bits per heavy atom. The SMILES string of the molecule is CCCCCC[C@@H](C)/C=C(C)/C=C/C(=O)N[C@H]1CC2(C=C(Cl)C(=O)C(Cl)=C2)OC1OC(C)=O. The van der Waals surface area contributed by atoms with Crippen molar-refractivity contribution < 1.29 is 23.9 Å². The minimum atomic E-state index is -1.15. The van der Waals surface area contributed by atoms with Crippen molar-refractivity contribution in [2.45, 2.75) is 84.2 Å². The van der Waals surface area contributed by atoms with Gasteiger partial charge in [0.25, 0.3) is 0 Å². The maximum absolute atomic E-state index is 12.6. The van der Waals surface area contributed by atoms with E-state index in [9.17, 15) is 14.4 Å². The van der Waals surface area contributed by atoms with Crippen molar-refractivity contribution in [1.29, 1.82) is 0 Å². The normalized spacial score (nSPS) is 23.5. The van der Waals surface area contributed by atoms with E-state index in [1.807, 2.05) is 6.92 Å². The molecular weight excluding hydrogens is 465 g/mol. The highest BCUT2D eigenvalue weighted by Gasteiger charge is 2.48. The lowest BCUT2D eigenvalue weighted by atomic mass is 9.92. The molecule has 8 heteroatoms. The van der Waals surface area contributed by atoms with Crippen molar-refractivity contribution in [2.24, 2.45) is 5.92 Å². The predicted octanol–water partition coefficient (Wildman–Crippen LogP) is 5.46. The Morgan fingerprint density at radius 1 is 1.21 bits per heavy atom. The second kappa shape index (κ2) is 12.5. The number of carbonyl (C=O) groups is 3. The fourth-order valence-corrected chi connectivity index (χ4v) is 4.62. The first-order valence-electron chi connectivity index (χ1n) is 11.4. The van der Waals surface area contributed by atoms with Gasteiger partial charge in [-0.25, -0.2) is 0 Å². The standard InChI is InChI=1S/C25H33Cl2NO5/c1-5-6-7-8-9-16(2)12-17(3)10-11-22(30)28-21-15-25(33-24(21)32-18(4)29)13-19(26)23(31)20(27)14-25/h10-14,16,21,24H,5-9,15H2,1-4H3,(H,28,30)/b11-10+,17-12+/t16-,21+,24?/m1/s1. The Labute approximate surface area is 206 Å². The van der Waals surface area contributed by atoms with E-state index >= 15 is 0 Å². The van der Waals surface area contributed by atoms with E-state index in [-0.39, 0.29) is 22.4 Å². The van der Waals surface area contributed by atoms with Crippen molar-refractivity contribution in [3.05, 3.63) is 46.0 Å². The molecule has 1 aliphatic heterocycles. The smallest absolute Gasteiger partial charge is 0.305 e. The van der Waals surface area contributed by atoms with Crippen LogP contribution in [-0.4, -0.2) is 35.6 Å². The molecule has 1 N–H and O–H groups in total. The third-order valence-corrected chi connectivity index (χ3v) is 6.11. The quantitative estimate of drug-likeness (QED) is 0.187. The molecule has 0 aromatic heterocycles. The van der Waals surface area contributed by atoms with E-state index in [1.165, 1.54) is 50.8 Å². The first-order valence-corrected chi connectivity index (χ1v) is 12.1. The summed E-state index contributed by atoms with van der Waals surface area (Å²) in [5, 5.41) is 2.65. The van der Waals surface area contributed by atoms with Crippen LogP contribution in [0, 0.1) is 5.92 Å². The minimum Gasteiger partial charge on any atom is -0.434 e. The van der Waals surface area contributed by atoms with Crippen LogP contribution in [0.2, 0.25) is 0 Å². The number of rotatable bonds is 10. The molecule has 1 saturated heterocycles. The van der Waals surface area contributed by atoms with Gasteiger partial charge in [-0.05, 0) is 31.4 Å². The molecular formula is C25H33Cl2NO5. The van der Waals surface area contributed by atoms with Crippen LogP contribution in [0.4, 0.5) is 0 Å². The Bertz CT molecular complexity index is 852. The zero-order valence-electron chi connectivity index (χ0n) is 19.7. The summed E-state index contributed by atoms with van der Waals surface area (Å²) in [6.45, 7) is 7.58. The molecule has 2 aliphatic rings. The van der Waals surface area contributed by atoms with Gasteiger partial charge in [-0.2, -0.15) is 0 Å². The molecule has 1 amide bonds. The molecule has 1 heterocycles. The van der Waals surface area contributed by atoms with Gasteiger partial charge in [-0.1, -0.05) is 80.5 Å². The van der Waals surface area contributed by atoms with Crippen molar-refractivity contribution in [2.75, 3.05) is 0 Å². The zero-order chi connectivity index (χ0) is 24.6. The number of ether oxygens (including phenoxy) is 2. The third-order valence-electron chi connectivity index (χ3n) is 5.55. The first kappa shape index (κ1) is 27.4. The number of Topliss-reactive ketones (excluding diaryl/α,β-unsaturated/α-hetero) is 1. The number of nitrogens with one attached hydrogen (secondary N) is 1. The Hall–Kier alpha value is -1.89. The zero-order valence-corrected chi connectivity index (χ0v) is 21.2. The van der Waals surface area contributed by atoms with Crippen LogP contribution >= 0.6 is 23.2 Å². The Balaban J connectivity index is 2.02. The summed E-state index contributed by atoms with van der Waals surface area (Å²) in [4.78, 5) is 36.0. The van der Waals surface area contributed by atoms with E-state index < -0.39 is 29.7 Å². The largest absolute Gasteiger partial charge is 0.434 e.